The van der Waals surface area contributed by atoms with E-state index in [2.05, 4.69) is 27.5 Å². The van der Waals surface area contributed by atoms with Crippen LogP contribution in [0.3, 0.4) is 0 Å². The molecule has 0 aliphatic heterocycles. The molecule has 1 heterocycles. The fourth-order valence-electron chi connectivity index (χ4n) is 2.75. The fourth-order valence-corrected chi connectivity index (χ4v) is 2.75. The van der Waals surface area contributed by atoms with Crippen molar-refractivity contribution < 1.29 is 4.74 Å². The van der Waals surface area contributed by atoms with Crippen LogP contribution >= 0.6 is 0 Å². The molecule has 0 unspecified atom stereocenters. The summed E-state index contributed by atoms with van der Waals surface area (Å²) in [6, 6.07) is 4.49. The summed E-state index contributed by atoms with van der Waals surface area (Å²) in [5, 5.41) is 6.89. The maximum absolute atomic E-state index is 5.56. The maximum atomic E-state index is 5.56. The molecule has 0 bridgehead atoms. The number of rotatable bonds is 6. The van der Waals surface area contributed by atoms with Crippen molar-refractivity contribution in [3.8, 4) is 5.88 Å². The summed E-state index contributed by atoms with van der Waals surface area (Å²) < 4.78 is 5.56. The van der Waals surface area contributed by atoms with E-state index in [1.807, 2.05) is 32.2 Å². The third-order valence-corrected chi connectivity index (χ3v) is 3.86. The molecule has 5 nitrogen and oxygen atoms in total. The van der Waals surface area contributed by atoms with E-state index in [1.165, 1.54) is 32.1 Å². The number of guanidine groups is 1. The first-order chi connectivity index (χ1) is 11.2. The summed E-state index contributed by atoms with van der Waals surface area (Å²) in [5.74, 6) is 1.57. The molecule has 0 aromatic carbocycles. The highest BCUT2D eigenvalue weighted by atomic mass is 16.5. The van der Waals surface area contributed by atoms with Crippen molar-refractivity contribution in [2.45, 2.75) is 71.6 Å². The third kappa shape index (κ3) is 6.47. The average molecular weight is 318 g/mol. The van der Waals surface area contributed by atoms with Gasteiger partial charge in [-0.15, -0.1) is 0 Å². The molecular formula is C18H30N4O. The van der Waals surface area contributed by atoms with Crippen molar-refractivity contribution >= 4 is 5.96 Å². The molecule has 5 heteroatoms. The second-order valence-electron chi connectivity index (χ2n) is 6.35. The molecule has 1 fully saturated rings. The van der Waals surface area contributed by atoms with Gasteiger partial charge in [-0.1, -0.05) is 25.3 Å². The Kier molecular flexibility index (Phi) is 7.17. The summed E-state index contributed by atoms with van der Waals surface area (Å²) in [5.41, 5.74) is 1.09. The lowest BCUT2D eigenvalue weighted by atomic mass is 9.96. The highest BCUT2D eigenvalue weighted by molar-refractivity contribution is 5.80. The molecular weight excluding hydrogens is 288 g/mol. The largest absolute Gasteiger partial charge is 0.475 e. The van der Waals surface area contributed by atoms with Crippen LogP contribution in [0.15, 0.2) is 23.3 Å². The predicted molar refractivity (Wildman–Crippen MR) is 94.8 cm³/mol. The number of pyridine rings is 1. The van der Waals surface area contributed by atoms with Crippen molar-refractivity contribution in [2.24, 2.45) is 4.99 Å². The van der Waals surface area contributed by atoms with E-state index < -0.39 is 0 Å². The molecule has 0 spiro atoms. The SMILES string of the molecule is CCNC(=NCc1ccc(OC(C)C)nc1)NC1CCCCC1. The van der Waals surface area contributed by atoms with Gasteiger partial charge in [0.25, 0.3) is 0 Å². The molecule has 23 heavy (non-hydrogen) atoms. The van der Waals surface area contributed by atoms with Crippen LogP contribution in [0.4, 0.5) is 0 Å². The van der Waals surface area contributed by atoms with Gasteiger partial charge < -0.3 is 15.4 Å². The van der Waals surface area contributed by atoms with Crippen molar-refractivity contribution in [1.29, 1.82) is 0 Å². The van der Waals surface area contributed by atoms with Crippen LogP contribution in [-0.2, 0) is 6.54 Å². The summed E-state index contributed by atoms with van der Waals surface area (Å²) in [4.78, 5) is 9.01. The van der Waals surface area contributed by atoms with Crippen molar-refractivity contribution in [3.63, 3.8) is 0 Å². The summed E-state index contributed by atoms with van der Waals surface area (Å²) in [6.45, 7) is 7.59. The topological polar surface area (TPSA) is 58.5 Å². The standard InChI is InChI=1S/C18H30N4O/c1-4-19-18(22-16-8-6-5-7-9-16)21-13-15-10-11-17(20-12-15)23-14(2)3/h10-12,14,16H,4-9,13H2,1-3H3,(H2,19,21,22). The molecule has 2 rings (SSSR count). The minimum absolute atomic E-state index is 0.145. The highest BCUT2D eigenvalue weighted by Crippen LogP contribution is 2.17. The molecule has 1 aromatic rings. The molecule has 0 radical (unpaired) electrons. The van der Waals surface area contributed by atoms with E-state index in [0.717, 1.165) is 18.1 Å². The molecule has 0 amide bonds. The van der Waals surface area contributed by atoms with E-state index in [9.17, 15) is 0 Å². The average Bonchev–Trinajstić information content (AvgIpc) is 2.55. The number of aliphatic imine (C=N–C) groups is 1. The zero-order chi connectivity index (χ0) is 16.5. The lowest BCUT2D eigenvalue weighted by Gasteiger charge is -2.24. The number of nitrogens with zero attached hydrogens (tertiary/aromatic N) is 2. The minimum atomic E-state index is 0.145. The maximum Gasteiger partial charge on any atom is 0.213 e. The van der Waals surface area contributed by atoms with Crippen LogP contribution in [0, 0.1) is 0 Å². The molecule has 1 aliphatic carbocycles. The molecule has 128 valence electrons. The Bertz CT molecular complexity index is 478. The summed E-state index contributed by atoms with van der Waals surface area (Å²) in [7, 11) is 0. The zero-order valence-corrected chi connectivity index (χ0v) is 14.6. The summed E-state index contributed by atoms with van der Waals surface area (Å²) >= 11 is 0. The van der Waals surface area contributed by atoms with Crippen LogP contribution < -0.4 is 15.4 Å². The number of hydrogen-bond acceptors (Lipinski definition) is 3. The normalized spacial score (nSPS) is 16.4. The second kappa shape index (κ2) is 9.38. The fraction of sp³-hybridized carbons (Fsp3) is 0.667. The predicted octanol–water partition coefficient (Wildman–Crippen LogP) is 3.26. The van der Waals surface area contributed by atoms with Gasteiger partial charge in [-0.25, -0.2) is 9.98 Å². The lowest BCUT2D eigenvalue weighted by molar-refractivity contribution is 0.232. The van der Waals surface area contributed by atoms with Gasteiger partial charge in [-0.2, -0.15) is 0 Å². The zero-order valence-electron chi connectivity index (χ0n) is 14.6. The number of aromatic nitrogens is 1. The van der Waals surface area contributed by atoms with Gasteiger partial charge in [0.2, 0.25) is 5.88 Å². The lowest BCUT2D eigenvalue weighted by Crippen LogP contribution is -2.44. The molecule has 1 saturated carbocycles. The first-order valence-corrected chi connectivity index (χ1v) is 8.83. The van der Waals surface area contributed by atoms with Crippen LogP contribution in [0.1, 0.15) is 58.4 Å². The smallest absolute Gasteiger partial charge is 0.213 e. The Morgan fingerprint density at radius 1 is 1.30 bits per heavy atom. The Balaban J connectivity index is 1.90. The van der Waals surface area contributed by atoms with Gasteiger partial charge in [0.15, 0.2) is 5.96 Å². The number of hydrogen-bond donors (Lipinski definition) is 2. The first-order valence-electron chi connectivity index (χ1n) is 8.83. The van der Waals surface area contributed by atoms with E-state index in [1.54, 1.807) is 0 Å². The van der Waals surface area contributed by atoms with Crippen molar-refractivity contribution in [2.75, 3.05) is 6.54 Å². The Morgan fingerprint density at radius 3 is 2.70 bits per heavy atom. The quantitative estimate of drug-likeness (QED) is 0.624. The second-order valence-corrected chi connectivity index (χ2v) is 6.35. The van der Waals surface area contributed by atoms with Gasteiger partial charge in [-0.3, -0.25) is 0 Å². The van der Waals surface area contributed by atoms with E-state index in [0.29, 0.717) is 18.5 Å². The number of nitrogens with one attached hydrogen (secondary N) is 2. The minimum Gasteiger partial charge on any atom is -0.475 e. The van der Waals surface area contributed by atoms with Gasteiger partial charge in [0.1, 0.15) is 0 Å². The van der Waals surface area contributed by atoms with Gasteiger partial charge in [-0.05, 0) is 39.2 Å². The van der Waals surface area contributed by atoms with Crippen LogP contribution in [0.2, 0.25) is 0 Å². The molecule has 0 saturated heterocycles. The van der Waals surface area contributed by atoms with Crippen LogP contribution in [-0.4, -0.2) is 29.6 Å². The number of ether oxygens (including phenoxy) is 1. The summed E-state index contributed by atoms with van der Waals surface area (Å²) in [6.07, 6.45) is 8.47. The first kappa shape index (κ1) is 17.6. The van der Waals surface area contributed by atoms with E-state index in [-0.39, 0.29) is 6.10 Å². The Labute approximate surface area is 139 Å². The van der Waals surface area contributed by atoms with Gasteiger partial charge in [0.05, 0.1) is 12.6 Å². The monoisotopic (exact) mass is 318 g/mol. The highest BCUT2D eigenvalue weighted by Gasteiger charge is 2.14. The van der Waals surface area contributed by atoms with Gasteiger partial charge in [0, 0.05) is 24.8 Å². The van der Waals surface area contributed by atoms with Crippen LogP contribution in [0.5, 0.6) is 5.88 Å². The Hall–Kier alpha value is -1.78. The third-order valence-electron chi connectivity index (χ3n) is 3.86. The van der Waals surface area contributed by atoms with Gasteiger partial charge >= 0.3 is 0 Å². The van der Waals surface area contributed by atoms with E-state index in [4.69, 9.17) is 4.74 Å². The van der Waals surface area contributed by atoms with Crippen molar-refractivity contribution in [1.82, 2.24) is 15.6 Å². The molecule has 0 atom stereocenters. The Morgan fingerprint density at radius 2 is 2.09 bits per heavy atom. The molecule has 2 N–H and O–H groups in total. The van der Waals surface area contributed by atoms with E-state index >= 15 is 0 Å². The van der Waals surface area contributed by atoms with Crippen LogP contribution in [0.25, 0.3) is 0 Å². The van der Waals surface area contributed by atoms with Crippen molar-refractivity contribution in [3.05, 3.63) is 23.9 Å². The molecule has 1 aromatic heterocycles. The molecule has 1 aliphatic rings.